The van der Waals surface area contributed by atoms with Gasteiger partial charge in [-0.2, -0.15) is 19.9 Å². The van der Waals surface area contributed by atoms with Gasteiger partial charge in [0.1, 0.15) is 0 Å². The van der Waals surface area contributed by atoms with Crippen molar-refractivity contribution in [3.8, 4) is 11.1 Å². The Morgan fingerprint density at radius 2 is 1.38 bits per heavy atom. The number of rotatable bonds is 1. The SMILES string of the molecule is CCl.C[CH-]C.[C-]1=C(C2c3ccccc3-c3ccccc32)C=CC1.[Zr+2]. The molecule has 0 aliphatic heterocycles. The van der Waals surface area contributed by atoms with E-state index in [0.29, 0.717) is 5.92 Å². The summed E-state index contributed by atoms with van der Waals surface area (Å²) < 4.78 is 0. The van der Waals surface area contributed by atoms with Crippen molar-refractivity contribution in [3.05, 3.63) is 89.9 Å². The molecule has 2 aromatic rings. The van der Waals surface area contributed by atoms with E-state index in [0.717, 1.165) is 6.42 Å². The molecule has 4 rings (SSSR count). The second kappa shape index (κ2) is 10.9. The molecule has 122 valence electrons. The van der Waals surface area contributed by atoms with E-state index < -0.39 is 0 Å². The van der Waals surface area contributed by atoms with Gasteiger partial charge in [-0.05, 0) is 22.3 Å². The molecule has 0 bridgehead atoms. The van der Waals surface area contributed by atoms with Gasteiger partial charge >= 0.3 is 26.2 Å². The molecule has 0 heterocycles. The quantitative estimate of drug-likeness (QED) is 0.366. The van der Waals surface area contributed by atoms with E-state index in [-0.39, 0.29) is 26.2 Å². The number of fused-ring (bicyclic) bond motifs is 3. The van der Waals surface area contributed by atoms with Crippen LogP contribution in [0.5, 0.6) is 0 Å². The maximum atomic E-state index is 4.64. The van der Waals surface area contributed by atoms with E-state index in [1.807, 2.05) is 20.3 Å². The summed E-state index contributed by atoms with van der Waals surface area (Å²) in [7, 11) is 0. The number of alkyl halides is 1. The first-order chi connectivity index (χ1) is 11.4. The van der Waals surface area contributed by atoms with Crippen molar-refractivity contribution in [1.29, 1.82) is 0 Å². The number of allylic oxidation sites excluding steroid dienone is 4. The Balaban J connectivity index is 0.000000437. The average Bonchev–Trinajstić information content (AvgIpc) is 3.23. The summed E-state index contributed by atoms with van der Waals surface area (Å²) in [5, 5.41) is 0. The normalized spacial score (nSPS) is 13.4. The summed E-state index contributed by atoms with van der Waals surface area (Å²) in [6.45, 7) is 4.00. The van der Waals surface area contributed by atoms with Gasteiger partial charge in [-0.15, -0.1) is 18.0 Å². The van der Waals surface area contributed by atoms with Crippen LogP contribution in [-0.2, 0) is 26.2 Å². The molecule has 24 heavy (non-hydrogen) atoms. The summed E-state index contributed by atoms with van der Waals surface area (Å²) in [4.78, 5) is 0. The van der Waals surface area contributed by atoms with Crippen molar-refractivity contribution in [3.63, 3.8) is 0 Å². The van der Waals surface area contributed by atoms with Crippen LogP contribution in [-0.4, -0.2) is 6.38 Å². The van der Waals surface area contributed by atoms with Gasteiger partial charge in [0, 0.05) is 12.3 Å². The van der Waals surface area contributed by atoms with Crippen LogP contribution in [0.2, 0.25) is 0 Å². The Labute approximate surface area is 170 Å². The van der Waals surface area contributed by atoms with Gasteiger partial charge in [0.05, 0.1) is 0 Å². The van der Waals surface area contributed by atoms with Gasteiger partial charge in [0.25, 0.3) is 0 Å². The average molecular weight is 414 g/mol. The summed E-state index contributed by atoms with van der Waals surface area (Å²) >= 11 is 4.64. The van der Waals surface area contributed by atoms with E-state index in [4.69, 9.17) is 0 Å². The summed E-state index contributed by atoms with van der Waals surface area (Å²) in [5.74, 6) is 0.385. The van der Waals surface area contributed by atoms with Crippen molar-refractivity contribution < 1.29 is 26.2 Å². The van der Waals surface area contributed by atoms with Gasteiger partial charge in [-0.1, -0.05) is 48.5 Å². The van der Waals surface area contributed by atoms with Crippen LogP contribution in [0.1, 0.15) is 37.3 Å². The smallest absolute Gasteiger partial charge is 0.335 e. The van der Waals surface area contributed by atoms with Gasteiger partial charge in [0.15, 0.2) is 0 Å². The number of benzene rings is 2. The van der Waals surface area contributed by atoms with Gasteiger partial charge < -0.3 is 6.42 Å². The van der Waals surface area contributed by atoms with Crippen LogP contribution in [0.3, 0.4) is 0 Å². The predicted octanol–water partition coefficient (Wildman–Crippen LogP) is 6.57. The maximum absolute atomic E-state index is 4.64. The topological polar surface area (TPSA) is 0 Å². The molecule has 0 atom stereocenters. The Bertz CT molecular complexity index is 655. The fourth-order valence-electron chi connectivity index (χ4n) is 3.11. The number of hydrogen-bond donors (Lipinski definition) is 0. The van der Waals surface area contributed by atoms with Crippen LogP contribution in [0.25, 0.3) is 11.1 Å². The van der Waals surface area contributed by atoms with E-state index in [1.165, 1.54) is 34.2 Å². The molecule has 0 unspecified atom stereocenters. The van der Waals surface area contributed by atoms with Crippen molar-refractivity contribution in [2.45, 2.75) is 26.2 Å². The van der Waals surface area contributed by atoms with Crippen LogP contribution in [0.15, 0.2) is 66.3 Å². The first-order valence-corrected chi connectivity index (χ1v) is 8.69. The Hall–Kier alpha value is -0.907. The van der Waals surface area contributed by atoms with Crippen molar-refractivity contribution in [1.82, 2.24) is 0 Å². The third kappa shape index (κ3) is 4.38. The minimum atomic E-state index is 0. The standard InChI is InChI=1S/C18H13.C3H7.CH3Cl.Zr/c1-2-8-13(7-1)18-16-11-5-3-9-14(16)15-10-4-6-12-17(15)18;1-3-2;1-2;/h1,3-7,9-12,18H,2H2;3H,1-2H3;1H3;/q2*-1;;+2. The van der Waals surface area contributed by atoms with Gasteiger partial charge in [0.2, 0.25) is 0 Å². The fraction of sp³-hybridized carbons (Fsp3) is 0.227. The zero-order chi connectivity index (χ0) is 16.7. The molecule has 0 nitrogen and oxygen atoms in total. The maximum Gasteiger partial charge on any atom is 2.00 e. The van der Waals surface area contributed by atoms with Crippen molar-refractivity contribution >= 4 is 11.6 Å². The van der Waals surface area contributed by atoms with Crippen LogP contribution in [0.4, 0.5) is 0 Å². The minimum Gasteiger partial charge on any atom is -0.335 e. The molecule has 0 aromatic heterocycles. The van der Waals surface area contributed by atoms with Crippen molar-refractivity contribution in [2.24, 2.45) is 0 Å². The third-order valence-electron chi connectivity index (χ3n) is 3.87. The third-order valence-corrected chi connectivity index (χ3v) is 3.87. The molecule has 0 amide bonds. The first kappa shape index (κ1) is 21.1. The Kier molecular flexibility index (Phi) is 9.56. The molecule has 0 saturated carbocycles. The molecular weight excluding hydrogens is 391 g/mol. The molecule has 0 radical (unpaired) electrons. The van der Waals surface area contributed by atoms with Gasteiger partial charge in [-0.3, -0.25) is 6.08 Å². The Morgan fingerprint density at radius 1 is 0.917 bits per heavy atom. The monoisotopic (exact) mass is 412 g/mol. The number of halogens is 1. The fourth-order valence-corrected chi connectivity index (χ4v) is 3.11. The minimum absolute atomic E-state index is 0. The van der Waals surface area contributed by atoms with Crippen LogP contribution < -0.4 is 0 Å². The summed E-state index contributed by atoms with van der Waals surface area (Å²) in [5.41, 5.74) is 6.94. The molecule has 0 fully saturated rings. The molecular formula is C22H23ClZr. The molecule has 2 heteroatoms. The zero-order valence-electron chi connectivity index (χ0n) is 14.5. The molecule has 0 saturated heterocycles. The first-order valence-electron chi connectivity index (χ1n) is 7.94. The van der Waals surface area contributed by atoms with E-state index in [9.17, 15) is 0 Å². The molecule has 0 spiro atoms. The Morgan fingerprint density at radius 3 is 1.79 bits per heavy atom. The predicted molar refractivity (Wildman–Crippen MR) is 102 cm³/mol. The van der Waals surface area contributed by atoms with Gasteiger partial charge in [-0.25, -0.2) is 11.6 Å². The number of hydrogen-bond acceptors (Lipinski definition) is 0. The van der Waals surface area contributed by atoms with Crippen LogP contribution in [0, 0.1) is 12.5 Å². The van der Waals surface area contributed by atoms with E-state index >= 15 is 0 Å². The largest absolute Gasteiger partial charge is 2.00 e. The van der Waals surface area contributed by atoms with Crippen LogP contribution >= 0.6 is 11.6 Å². The van der Waals surface area contributed by atoms with E-state index in [1.54, 1.807) is 0 Å². The molecule has 2 aliphatic carbocycles. The second-order valence-electron chi connectivity index (χ2n) is 5.42. The van der Waals surface area contributed by atoms with E-state index in [2.05, 4.69) is 78.4 Å². The zero-order valence-corrected chi connectivity index (χ0v) is 17.7. The molecule has 2 aromatic carbocycles. The second-order valence-corrected chi connectivity index (χ2v) is 5.42. The molecule has 0 N–H and O–H groups in total. The molecule has 2 aliphatic rings. The summed E-state index contributed by atoms with van der Waals surface area (Å²) in [6, 6.07) is 17.5. The summed E-state index contributed by atoms with van der Waals surface area (Å²) in [6.07, 6.45) is 12.3. The van der Waals surface area contributed by atoms with Crippen molar-refractivity contribution in [2.75, 3.05) is 6.38 Å².